The van der Waals surface area contributed by atoms with Crippen LogP contribution in [0.2, 0.25) is 5.02 Å². The van der Waals surface area contributed by atoms with Crippen molar-refractivity contribution < 1.29 is 19.5 Å². The Balaban J connectivity index is 2.04. The van der Waals surface area contributed by atoms with E-state index < -0.39 is 0 Å². The van der Waals surface area contributed by atoms with E-state index in [1.807, 2.05) is 0 Å². The summed E-state index contributed by atoms with van der Waals surface area (Å²) in [4.78, 5) is 19.2. The molecule has 1 aromatic carbocycles. The molecule has 1 N–H and O–H groups in total. The van der Waals surface area contributed by atoms with Crippen molar-refractivity contribution in [2.75, 3.05) is 20.7 Å². The van der Waals surface area contributed by atoms with Gasteiger partial charge in [-0.1, -0.05) is 33.3 Å². The first-order valence-electron chi connectivity index (χ1n) is 7.65. The largest absolute Gasteiger partial charge is 0.871 e. The molecule has 1 unspecified atom stereocenters. The normalized spacial score (nSPS) is 16.9. The van der Waals surface area contributed by atoms with Gasteiger partial charge in [0.15, 0.2) is 0 Å². The number of fused-ring (bicyclic) bond motifs is 1. The molecule has 1 atom stereocenters. The number of benzene rings is 1. The van der Waals surface area contributed by atoms with E-state index in [-0.39, 0.29) is 11.7 Å². The molecule has 0 saturated heterocycles. The lowest BCUT2D eigenvalue weighted by atomic mass is 10.0. The first kappa shape index (κ1) is 18.4. The van der Waals surface area contributed by atoms with Crippen LogP contribution in [-0.4, -0.2) is 32.9 Å². The second kappa shape index (κ2) is 7.45. The molecule has 1 aliphatic heterocycles. The zero-order valence-corrected chi connectivity index (χ0v) is 16.8. The molecule has 8 heteroatoms. The topological polar surface area (TPSA) is 66.2 Å². The Labute approximate surface area is 163 Å². The van der Waals surface area contributed by atoms with E-state index in [9.17, 15) is 9.90 Å². The Morgan fingerprint density at radius 1 is 1.52 bits per heavy atom. The summed E-state index contributed by atoms with van der Waals surface area (Å²) in [7, 11) is 3.49. The van der Waals surface area contributed by atoms with Crippen LogP contribution in [0.4, 0.5) is 5.00 Å². The van der Waals surface area contributed by atoms with Crippen LogP contribution in [-0.2, 0) is 17.7 Å². The number of likely N-dealkylation sites (N-methyl/N-ethyl adjacent to an activating group) is 1. The van der Waals surface area contributed by atoms with Crippen molar-refractivity contribution in [3.8, 4) is 5.75 Å². The summed E-state index contributed by atoms with van der Waals surface area (Å²) in [5.41, 5.74) is 1.90. The summed E-state index contributed by atoms with van der Waals surface area (Å²) in [5, 5.41) is 13.2. The van der Waals surface area contributed by atoms with Crippen molar-refractivity contribution >= 4 is 56.1 Å². The first-order valence-corrected chi connectivity index (χ1v) is 9.63. The lowest BCUT2D eigenvalue weighted by molar-refractivity contribution is -0.895. The smallest absolute Gasteiger partial charge is 0.341 e. The van der Waals surface area contributed by atoms with Gasteiger partial charge in [-0.3, -0.25) is 0 Å². The Morgan fingerprint density at radius 3 is 3.00 bits per heavy atom. The second-order valence-electron chi connectivity index (χ2n) is 5.87. The molecule has 0 bridgehead atoms. The summed E-state index contributed by atoms with van der Waals surface area (Å²) < 4.78 is 5.32. The summed E-state index contributed by atoms with van der Waals surface area (Å²) in [6.07, 6.45) is 2.27. The van der Waals surface area contributed by atoms with Gasteiger partial charge in [-0.15, -0.1) is 11.3 Å². The van der Waals surface area contributed by atoms with Crippen molar-refractivity contribution in [1.29, 1.82) is 0 Å². The zero-order valence-electron chi connectivity index (χ0n) is 13.7. The van der Waals surface area contributed by atoms with E-state index >= 15 is 0 Å². The summed E-state index contributed by atoms with van der Waals surface area (Å²) in [6, 6.07) is 3.10. The number of rotatable bonds is 3. The Morgan fingerprint density at radius 2 is 2.28 bits per heavy atom. The highest BCUT2D eigenvalue weighted by molar-refractivity contribution is 9.10. The highest BCUT2D eigenvalue weighted by Crippen LogP contribution is 2.37. The first-order chi connectivity index (χ1) is 11.9. The number of ether oxygens (including phenoxy) is 1. The maximum Gasteiger partial charge on any atom is 0.341 e. The second-order valence-corrected chi connectivity index (χ2v) is 8.25. The van der Waals surface area contributed by atoms with Crippen LogP contribution in [0.3, 0.4) is 0 Å². The minimum absolute atomic E-state index is 0.196. The van der Waals surface area contributed by atoms with Crippen molar-refractivity contribution in [3.63, 3.8) is 0 Å². The molecule has 0 spiro atoms. The number of hydrogen-bond acceptors (Lipinski definition) is 5. The van der Waals surface area contributed by atoms with Gasteiger partial charge in [0.05, 0.1) is 25.6 Å². The average Bonchev–Trinajstić information content (AvgIpc) is 2.93. The fraction of sp³-hybridized carbons (Fsp3) is 0.294. The highest BCUT2D eigenvalue weighted by Gasteiger charge is 2.29. The number of halogens is 2. The molecule has 132 valence electrons. The minimum atomic E-state index is -0.390. The minimum Gasteiger partial charge on any atom is -0.871 e. The number of nitrogens with zero attached hydrogens (tertiary/aromatic N) is 1. The predicted octanol–water partition coefficient (Wildman–Crippen LogP) is 2.35. The monoisotopic (exact) mass is 442 g/mol. The molecule has 2 heterocycles. The number of quaternary nitrogens is 1. The Hall–Kier alpha value is -1.41. The van der Waals surface area contributed by atoms with Gasteiger partial charge in [0, 0.05) is 22.1 Å². The average molecular weight is 444 g/mol. The predicted molar refractivity (Wildman–Crippen MR) is 101 cm³/mol. The van der Waals surface area contributed by atoms with E-state index in [0.717, 1.165) is 30.0 Å². The summed E-state index contributed by atoms with van der Waals surface area (Å²) in [5.74, 6) is -0.586. The van der Waals surface area contributed by atoms with Gasteiger partial charge >= 0.3 is 5.97 Å². The molecular weight excluding hydrogens is 428 g/mol. The van der Waals surface area contributed by atoms with E-state index in [4.69, 9.17) is 16.3 Å². The van der Waals surface area contributed by atoms with Crippen LogP contribution in [0, 0.1) is 0 Å². The fourth-order valence-electron chi connectivity index (χ4n) is 2.81. The van der Waals surface area contributed by atoms with Crippen molar-refractivity contribution in [2.24, 2.45) is 4.99 Å². The fourth-order valence-corrected chi connectivity index (χ4v) is 4.94. The van der Waals surface area contributed by atoms with Gasteiger partial charge in [0.1, 0.15) is 17.1 Å². The molecule has 25 heavy (non-hydrogen) atoms. The van der Waals surface area contributed by atoms with Crippen LogP contribution in [0.15, 0.2) is 21.6 Å². The van der Waals surface area contributed by atoms with Gasteiger partial charge < -0.3 is 14.7 Å². The van der Waals surface area contributed by atoms with Gasteiger partial charge in [-0.2, -0.15) is 0 Å². The van der Waals surface area contributed by atoms with E-state index in [0.29, 0.717) is 25.6 Å². The Bertz CT molecular complexity index is 866. The van der Waals surface area contributed by atoms with Crippen molar-refractivity contribution in [2.45, 2.75) is 13.0 Å². The molecule has 0 fully saturated rings. The van der Waals surface area contributed by atoms with Crippen LogP contribution < -0.4 is 10.0 Å². The zero-order chi connectivity index (χ0) is 18.1. The third-order valence-corrected chi connectivity index (χ3v) is 6.03. The van der Waals surface area contributed by atoms with Crippen LogP contribution in [0.5, 0.6) is 5.75 Å². The van der Waals surface area contributed by atoms with Gasteiger partial charge in [-0.05, 0) is 23.3 Å². The molecule has 1 aliphatic rings. The molecule has 0 radical (unpaired) electrons. The number of hydrogen-bond donors (Lipinski definition) is 1. The standard InChI is InChI=1S/C17H16BrClN2O3S/c1-21-4-3-11-13(8-21)25-16(14(11)17(23)24-2)20-7-9-5-10(19)6-12(18)15(9)22/h5-7,22H,3-4,8H2,1-2H3/b20-7+. The summed E-state index contributed by atoms with van der Waals surface area (Å²) >= 11 is 10.7. The van der Waals surface area contributed by atoms with Gasteiger partial charge in [0.2, 0.25) is 0 Å². The van der Waals surface area contributed by atoms with E-state index in [2.05, 4.69) is 28.0 Å². The molecule has 0 aliphatic carbocycles. The molecule has 2 aromatic rings. The quantitative estimate of drug-likeness (QED) is 0.585. The summed E-state index contributed by atoms with van der Waals surface area (Å²) in [6.45, 7) is 1.82. The maximum absolute atomic E-state index is 12.2. The number of nitrogens with one attached hydrogen (secondary N) is 1. The third kappa shape index (κ3) is 3.74. The van der Waals surface area contributed by atoms with Crippen LogP contribution in [0.25, 0.3) is 0 Å². The number of aliphatic imine (C=N–C) groups is 1. The Kier molecular flexibility index (Phi) is 5.48. The van der Waals surface area contributed by atoms with Crippen LogP contribution >= 0.6 is 38.9 Å². The number of carbonyl (C=O) groups is 1. The van der Waals surface area contributed by atoms with Gasteiger partial charge in [0.25, 0.3) is 0 Å². The molecule has 1 aromatic heterocycles. The molecule has 5 nitrogen and oxygen atoms in total. The van der Waals surface area contributed by atoms with Crippen LogP contribution in [0.1, 0.15) is 26.4 Å². The van der Waals surface area contributed by atoms with Crippen molar-refractivity contribution in [3.05, 3.63) is 43.2 Å². The number of carbonyl (C=O) groups excluding carboxylic acids is 1. The molecular formula is C17H16BrClN2O3S. The van der Waals surface area contributed by atoms with E-state index in [1.165, 1.54) is 29.6 Å². The van der Waals surface area contributed by atoms with E-state index in [1.54, 1.807) is 12.1 Å². The molecule has 0 amide bonds. The maximum atomic E-state index is 12.2. The number of esters is 1. The number of thiophene rings is 1. The number of methoxy groups -OCH3 is 1. The third-order valence-electron chi connectivity index (χ3n) is 4.08. The molecule has 0 saturated carbocycles. The lowest BCUT2D eigenvalue weighted by Gasteiger charge is -2.19. The lowest BCUT2D eigenvalue weighted by Crippen LogP contribution is -3.08. The van der Waals surface area contributed by atoms with Crippen molar-refractivity contribution in [1.82, 2.24) is 0 Å². The highest BCUT2D eigenvalue weighted by atomic mass is 79.9. The SMILES string of the molecule is COC(=O)c1c(/N=C/c2cc(Cl)cc(Br)c2[O-])sc2c1CC[NH+](C)C2. The molecule has 3 rings (SSSR count). The van der Waals surface area contributed by atoms with Gasteiger partial charge in [-0.25, -0.2) is 9.79 Å².